The van der Waals surface area contributed by atoms with Gasteiger partial charge < -0.3 is 5.11 Å². The van der Waals surface area contributed by atoms with Gasteiger partial charge in [-0.2, -0.15) is 5.10 Å². The number of hydrogen-bond donors (Lipinski definition) is 1. The molecule has 3 nitrogen and oxygen atoms in total. The van der Waals surface area contributed by atoms with E-state index in [9.17, 15) is 5.11 Å². The summed E-state index contributed by atoms with van der Waals surface area (Å²) in [7, 11) is 0. The molecule has 1 N–H and O–H groups in total. The average molecular weight is 210 g/mol. The molecule has 0 saturated heterocycles. The number of aliphatic hydroxyl groups is 1. The second kappa shape index (κ2) is 5.31. The van der Waals surface area contributed by atoms with Crippen LogP contribution in [0.5, 0.6) is 0 Å². The lowest BCUT2D eigenvalue weighted by Crippen LogP contribution is -2.17. The summed E-state index contributed by atoms with van der Waals surface area (Å²) in [4.78, 5) is 0. The zero-order valence-corrected chi connectivity index (χ0v) is 10.2. The first-order chi connectivity index (χ1) is 7.10. The van der Waals surface area contributed by atoms with Gasteiger partial charge in [-0.05, 0) is 32.3 Å². The van der Waals surface area contributed by atoms with Gasteiger partial charge in [-0.3, -0.25) is 4.68 Å². The smallest absolute Gasteiger partial charge is 0.0736 e. The Labute approximate surface area is 92.1 Å². The lowest BCUT2D eigenvalue weighted by atomic mass is 10.1. The molecule has 1 rings (SSSR count). The molecule has 0 radical (unpaired) electrons. The van der Waals surface area contributed by atoms with Crippen LogP contribution in [0.1, 0.15) is 43.6 Å². The Morgan fingerprint density at radius 3 is 2.47 bits per heavy atom. The molecule has 0 aliphatic carbocycles. The van der Waals surface area contributed by atoms with Crippen LogP contribution in [0, 0.1) is 13.8 Å². The number of aromatic nitrogens is 2. The van der Waals surface area contributed by atoms with Crippen LogP contribution in [0.15, 0.2) is 0 Å². The van der Waals surface area contributed by atoms with Crippen LogP contribution < -0.4 is 0 Å². The fourth-order valence-corrected chi connectivity index (χ4v) is 2.05. The lowest BCUT2D eigenvalue weighted by molar-refractivity contribution is 0.138. The Morgan fingerprint density at radius 2 is 2.00 bits per heavy atom. The predicted molar refractivity (Wildman–Crippen MR) is 62.0 cm³/mol. The molecule has 3 heteroatoms. The molecule has 1 aromatic rings. The van der Waals surface area contributed by atoms with Gasteiger partial charge in [0.25, 0.3) is 0 Å². The standard InChI is InChI=1S/C12H22N2O/c1-5-7-11(15)8-14-10(4)12(6-2)9(3)13-14/h11,15H,5-8H2,1-4H3. The third-order valence-electron chi connectivity index (χ3n) is 2.89. The first-order valence-corrected chi connectivity index (χ1v) is 5.81. The predicted octanol–water partition coefficient (Wildman–Crippen LogP) is 2.22. The first kappa shape index (κ1) is 12.2. The molecule has 0 bridgehead atoms. The molecule has 0 aliphatic rings. The minimum Gasteiger partial charge on any atom is -0.391 e. The number of aryl methyl sites for hydroxylation is 1. The number of nitrogens with zero attached hydrogens (tertiary/aromatic N) is 2. The van der Waals surface area contributed by atoms with E-state index in [1.54, 1.807) is 0 Å². The van der Waals surface area contributed by atoms with E-state index >= 15 is 0 Å². The van der Waals surface area contributed by atoms with E-state index < -0.39 is 0 Å². The largest absolute Gasteiger partial charge is 0.391 e. The van der Waals surface area contributed by atoms with E-state index in [0.717, 1.165) is 25.0 Å². The summed E-state index contributed by atoms with van der Waals surface area (Å²) in [5, 5.41) is 14.2. The Morgan fingerprint density at radius 1 is 1.33 bits per heavy atom. The van der Waals surface area contributed by atoms with E-state index in [-0.39, 0.29) is 6.10 Å². The van der Waals surface area contributed by atoms with Gasteiger partial charge in [0, 0.05) is 5.69 Å². The zero-order valence-electron chi connectivity index (χ0n) is 10.2. The third-order valence-corrected chi connectivity index (χ3v) is 2.89. The van der Waals surface area contributed by atoms with Crippen LogP contribution in [-0.4, -0.2) is 21.0 Å². The van der Waals surface area contributed by atoms with Crippen LogP contribution in [0.2, 0.25) is 0 Å². The zero-order chi connectivity index (χ0) is 11.4. The maximum Gasteiger partial charge on any atom is 0.0736 e. The summed E-state index contributed by atoms with van der Waals surface area (Å²) in [6, 6.07) is 0. The number of hydrogen-bond acceptors (Lipinski definition) is 2. The van der Waals surface area contributed by atoms with Crippen molar-refractivity contribution in [2.75, 3.05) is 0 Å². The molecular formula is C12H22N2O. The number of rotatable bonds is 5. The molecule has 1 aromatic heterocycles. The van der Waals surface area contributed by atoms with Crippen LogP contribution in [0.25, 0.3) is 0 Å². The molecule has 86 valence electrons. The summed E-state index contributed by atoms with van der Waals surface area (Å²) in [6.45, 7) is 8.97. The maximum atomic E-state index is 9.74. The highest BCUT2D eigenvalue weighted by Gasteiger charge is 2.12. The minimum atomic E-state index is -0.266. The van der Waals surface area contributed by atoms with E-state index in [1.165, 1.54) is 11.3 Å². The normalized spacial score (nSPS) is 13.1. The first-order valence-electron chi connectivity index (χ1n) is 5.81. The molecule has 0 aliphatic heterocycles. The second-order valence-electron chi connectivity index (χ2n) is 4.13. The van der Waals surface area contributed by atoms with Gasteiger partial charge in [0.15, 0.2) is 0 Å². The van der Waals surface area contributed by atoms with E-state index in [4.69, 9.17) is 0 Å². The fourth-order valence-electron chi connectivity index (χ4n) is 2.05. The number of aliphatic hydroxyl groups excluding tert-OH is 1. The molecular weight excluding hydrogens is 188 g/mol. The molecule has 15 heavy (non-hydrogen) atoms. The van der Waals surface area contributed by atoms with Crippen molar-refractivity contribution in [3.63, 3.8) is 0 Å². The summed E-state index contributed by atoms with van der Waals surface area (Å²) >= 11 is 0. The molecule has 0 amide bonds. The van der Waals surface area contributed by atoms with E-state index in [0.29, 0.717) is 6.54 Å². The molecule has 0 saturated carbocycles. The van der Waals surface area contributed by atoms with Gasteiger partial charge in [0.2, 0.25) is 0 Å². The highest BCUT2D eigenvalue weighted by atomic mass is 16.3. The van der Waals surface area contributed by atoms with Crippen molar-refractivity contribution in [1.29, 1.82) is 0 Å². The van der Waals surface area contributed by atoms with Crippen LogP contribution in [-0.2, 0) is 13.0 Å². The van der Waals surface area contributed by atoms with E-state index in [1.807, 2.05) is 11.6 Å². The van der Waals surface area contributed by atoms with Crippen LogP contribution >= 0.6 is 0 Å². The molecule has 0 aromatic carbocycles. The Kier molecular flexibility index (Phi) is 4.33. The van der Waals surface area contributed by atoms with Crippen molar-refractivity contribution < 1.29 is 5.11 Å². The van der Waals surface area contributed by atoms with Crippen molar-refractivity contribution in [3.8, 4) is 0 Å². The maximum absolute atomic E-state index is 9.74. The van der Waals surface area contributed by atoms with Crippen LogP contribution in [0.4, 0.5) is 0 Å². The van der Waals surface area contributed by atoms with Gasteiger partial charge in [-0.25, -0.2) is 0 Å². The minimum absolute atomic E-state index is 0.266. The van der Waals surface area contributed by atoms with Crippen LogP contribution in [0.3, 0.4) is 0 Å². The van der Waals surface area contributed by atoms with Gasteiger partial charge in [0.05, 0.1) is 18.3 Å². The summed E-state index contributed by atoms with van der Waals surface area (Å²) in [5.41, 5.74) is 3.61. The third kappa shape index (κ3) is 2.81. The van der Waals surface area contributed by atoms with Crippen molar-refractivity contribution in [3.05, 3.63) is 17.0 Å². The van der Waals surface area contributed by atoms with Gasteiger partial charge in [-0.15, -0.1) is 0 Å². The molecule has 1 heterocycles. The van der Waals surface area contributed by atoms with Crippen molar-refractivity contribution in [1.82, 2.24) is 9.78 Å². The lowest BCUT2D eigenvalue weighted by Gasteiger charge is -2.10. The van der Waals surface area contributed by atoms with Crippen molar-refractivity contribution in [2.24, 2.45) is 0 Å². The summed E-state index contributed by atoms with van der Waals surface area (Å²) in [5.74, 6) is 0. The van der Waals surface area contributed by atoms with Gasteiger partial charge >= 0.3 is 0 Å². The molecule has 0 fully saturated rings. The monoisotopic (exact) mass is 210 g/mol. The quantitative estimate of drug-likeness (QED) is 0.809. The molecule has 0 spiro atoms. The van der Waals surface area contributed by atoms with E-state index in [2.05, 4.69) is 25.9 Å². The van der Waals surface area contributed by atoms with Crippen molar-refractivity contribution in [2.45, 2.75) is 59.6 Å². The van der Waals surface area contributed by atoms with Gasteiger partial charge in [0.1, 0.15) is 0 Å². The Hall–Kier alpha value is -0.830. The fraction of sp³-hybridized carbons (Fsp3) is 0.750. The van der Waals surface area contributed by atoms with Gasteiger partial charge in [-0.1, -0.05) is 20.3 Å². The summed E-state index contributed by atoms with van der Waals surface area (Å²) in [6.07, 6.45) is 2.61. The topological polar surface area (TPSA) is 38.0 Å². The average Bonchev–Trinajstić information content (AvgIpc) is 2.42. The second-order valence-corrected chi connectivity index (χ2v) is 4.13. The SMILES string of the molecule is CCCC(O)Cn1nc(C)c(CC)c1C. The summed E-state index contributed by atoms with van der Waals surface area (Å²) < 4.78 is 1.94. The molecule has 1 atom stereocenters. The van der Waals surface area contributed by atoms with Crippen molar-refractivity contribution >= 4 is 0 Å². The molecule has 1 unspecified atom stereocenters. The highest BCUT2D eigenvalue weighted by molar-refractivity contribution is 5.24. The Balaban J connectivity index is 2.77. The highest BCUT2D eigenvalue weighted by Crippen LogP contribution is 2.14. The Bertz CT molecular complexity index is 318.